The number of para-hydroxylation sites is 1. The van der Waals surface area contributed by atoms with E-state index in [1.807, 2.05) is 24.3 Å². The summed E-state index contributed by atoms with van der Waals surface area (Å²) in [5.41, 5.74) is 1.17. The average Bonchev–Trinajstić information content (AvgIpc) is 2.27. The Morgan fingerprint density at radius 2 is 2.07 bits per heavy atom. The number of nitrogens with zero attached hydrogens (tertiary/aromatic N) is 1. The molecule has 2 heteroatoms. The Labute approximate surface area is 81.9 Å². The molecule has 0 unspecified atom stereocenters. The summed E-state index contributed by atoms with van der Waals surface area (Å²) in [5.74, 6) is -0.339. The van der Waals surface area contributed by atoms with Crippen LogP contribution in [0.15, 0.2) is 42.6 Å². The fraction of sp³-hybridized carbons (Fsp3) is 0. The Bertz CT molecular complexity index is 483. The molecular weight excluding hydrogens is 177 g/mol. The molecule has 0 aliphatic carbocycles. The van der Waals surface area contributed by atoms with Crippen molar-refractivity contribution in [2.24, 2.45) is 0 Å². The van der Waals surface area contributed by atoms with Gasteiger partial charge in [-0.3, -0.25) is 4.98 Å². The third-order valence-electron chi connectivity index (χ3n) is 2.07. The van der Waals surface area contributed by atoms with E-state index in [4.69, 9.17) is 0 Å². The maximum atomic E-state index is 13.4. The summed E-state index contributed by atoms with van der Waals surface area (Å²) in [6.07, 6.45) is 2.85. The van der Waals surface area contributed by atoms with Crippen LogP contribution in [0.4, 0.5) is 4.39 Å². The van der Waals surface area contributed by atoms with Gasteiger partial charge in [0.25, 0.3) is 0 Å². The highest BCUT2D eigenvalue weighted by molar-refractivity contribution is 5.89. The van der Waals surface area contributed by atoms with Gasteiger partial charge in [0.2, 0.25) is 0 Å². The van der Waals surface area contributed by atoms with E-state index in [0.717, 1.165) is 5.39 Å². The Morgan fingerprint density at radius 3 is 2.86 bits per heavy atom. The van der Waals surface area contributed by atoms with E-state index in [2.05, 4.69) is 11.9 Å². The fourth-order valence-corrected chi connectivity index (χ4v) is 1.41. The van der Waals surface area contributed by atoms with Crippen molar-refractivity contribution < 1.29 is 4.39 Å². The first kappa shape index (κ1) is 8.88. The number of fused-ring (bicyclic) bond motifs is 1. The van der Waals surface area contributed by atoms with E-state index in [1.54, 1.807) is 12.3 Å². The number of hydrogen-bond acceptors (Lipinski definition) is 1. The molecule has 0 aliphatic heterocycles. The monoisotopic (exact) mass is 186 g/mol. The van der Waals surface area contributed by atoms with Gasteiger partial charge in [-0.15, -0.1) is 0 Å². The summed E-state index contributed by atoms with van der Waals surface area (Å²) < 4.78 is 13.4. The number of hydrogen-bond donors (Lipinski definition) is 0. The SMILES string of the molecule is [CH2]/C=C(/F)c1cccc2cccnc12. The van der Waals surface area contributed by atoms with Crippen LogP contribution in [0, 0.1) is 6.92 Å². The molecule has 0 atom stereocenters. The van der Waals surface area contributed by atoms with Crippen LogP contribution >= 0.6 is 0 Å². The number of pyridine rings is 1. The van der Waals surface area contributed by atoms with Crippen LogP contribution in [0.3, 0.4) is 0 Å². The Balaban J connectivity index is 2.77. The number of halogens is 1. The van der Waals surface area contributed by atoms with Gasteiger partial charge in [-0.2, -0.15) is 0 Å². The van der Waals surface area contributed by atoms with Crippen molar-refractivity contribution in [2.75, 3.05) is 0 Å². The highest BCUT2D eigenvalue weighted by atomic mass is 19.1. The largest absolute Gasteiger partial charge is 0.256 e. The lowest BCUT2D eigenvalue weighted by Crippen LogP contribution is -1.84. The van der Waals surface area contributed by atoms with Crippen molar-refractivity contribution >= 4 is 16.7 Å². The molecule has 2 rings (SSSR count). The van der Waals surface area contributed by atoms with Crippen LogP contribution in [0.1, 0.15) is 5.56 Å². The third-order valence-corrected chi connectivity index (χ3v) is 2.07. The number of aromatic nitrogens is 1. The molecule has 69 valence electrons. The second kappa shape index (κ2) is 3.58. The molecule has 0 saturated heterocycles. The molecule has 0 saturated carbocycles. The third kappa shape index (κ3) is 1.39. The van der Waals surface area contributed by atoms with Crippen LogP contribution in [-0.4, -0.2) is 4.98 Å². The molecule has 2 aromatic rings. The van der Waals surface area contributed by atoms with Gasteiger partial charge in [0.15, 0.2) is 0 Å². The van der Waals surface area contributed by atoms with Crippen molar-refractivity contribution in [3.63, 3.8) is 0 Å². The van der Waals surface area contributed by atoms with Crippen LogP contribution in [0.25, 0.3) is 16.7 Å². The summed E-state index contributed by atoms with van der Waals surface area (Å²) in [6.45, 7) is 3.40. The van der Waals surface area contributed by atoms with E-state index in [9.17, 15) is 4.39 Å². The Hall–Kier alpha value is -1.70. The van der Waals surface area contributed by atoms with Crippen LogP contribution in [0.2, 0.25) is 0 Å². The van der Waals surface area contributed by atoms with E-state index in [1.165, 1.54) is 6.08 Å². The minimum atomic E-state index is -0.339. The zero-order valence-corrected chi connectivity index (χ0v) is 7.57. The van der Waals surface area contributed by atoms with Gasteiger partial charge in [-0.25, -0.2) is 4.39 Å². The van der Waals surface area contributed by atoms with Gasteiger partial charge < -0.3 is 0 Å². The van der Waals surface area contributed by atoms with E-state index in [-0.39, 0.29) is 5.83 Å². The van der Waals surface area contributed by atoms with Gasteiger partial charge in [0.05, 0.1) is 5.52 Å². The van der Waals surface area contributed by atoms with Gasteiger partial charge in [0, 0.05) is 17.1 Å². The minimum Gasteiger partial charge on any atom is -0.256 e. The normalized spacial score (nSPS) is 12.0. The number of allylic oxidation sites excluding steroid dienone is 1. The van der Waals surface area contributed by atoms with Gasteiger partial charge in [-0.05, 0) is 25.1 Å². The highest BCUT2D eigenvalue weighted by Gasteiger charge is 2.04. The Kier molecular flexibility index (Phi) is 2.27. The quantitative estimate of drug-likeness (QED) is 0.665. The smallest absolute Gasteiger partial charge is 0.128 e. The van der Waals surface area contributed by atoms with Gasteiger partial charge in [-0.1, -0.05) is 18.2 Å². The first-order chi connectivity index (χ1) is 6.83. The van der Waals surface area contributed by atoms with E-state index >= 15 is 0 Å². The summed E-state index contributed by atoms with van der Waals surface area (Å²) >= 11 is 0. The molecule has 0 amide bonds. The Morgan fingerprint density at radius 1 is 1.29 bits per heavy atom. The maximum Gasteiger partial charge on any atom is 0.128 e. The predicted molar refractivity (Wildman–Crippen MR) is 56.2 cm³/mol. The summed E-state index contributed by atoms with van der Waals surface area (Å²) in [4.78, 5) is 4.14. The molecule has 1 heterocycles. The average molecular weight is 186 g/mol. The molecule has 14 heavy (non-hydrogen) atoms. The summed E-state index contributed by atoms with van der Waals surface area (Å²) in [6, 6.07) is 9.15. The van der Waals surface area contributed by atoms with Crippen LogP contribution in [0.5, 0.6) is 0 Å². The first-order valence-corrected chi connectivity index (χ1v) is 4.32. The lowest BCUT2D eigenvalue weighted by molar-refractivity contribution is 0.761. The standard InChI is InChI=1S/C12H9FN/c1-2-11(13)10-7-3-5-9-6-4-8-14-12(9)10/h2-8H,1H2/b11-2+. The molecule has 1 aromatic heterocycles. The van der Waals surface area contributed by atoms with Crippen molar-refractivity contribution in [3.05, 3.63) is 55.1 Å². The first-order valence-electron chi connectivity index (χ1n) is 4.32. The zero-order chi connectivity index (χ0) is 9.97. The summed E-state index contributed by atoms with van der Waals surface area (Å²) in [5, 5.41) is 0.932. The van der Waals surface area contributed by atoms with Crippen molar-refractivity contribution in [3.8, 4) is 0 Å². The maximum absolute atomic E-state index is 13.4. The molecular formula is C12H9FN. The second-order valence-corrected chi connectivity index (χ2v) is 2.93. The molecule has 0 bridgehead atoms. The molecule has 0 aliphatic rings. The van der Waals surface area contributed by atoms with Crippen molar-refractivity contribution in [2.45, 2.75) is 0 Å². The molecule has 1 nitrogen and oxygen atoms in total. The van der Waals surface area contributed by atoms with Crippen LogP contribution in [-0.2, 0) is 0 Å². The van der Waals surface area contributed by atoms with Crippen molar-refractivity contribution in [1.82, 2.24) is 4.98 Å². The predicted octanol–water partition coefficient (Wildman–Crippen LogP) is 3.38. The van der Waals surface area contributed by atoms with E-state index in [0.29, 0.717) is 11.1 Å². The molecule has 0 spiro atoms. The zero-order valence-electron chi connectivity index (χ0n) is 7.57. The van der Waals surface area contributed by atoms with Crippen molar-refractivity contribution in [1.29, 1.82) is 0 Å². The highest BCUT2D eigenvalue weighted by Crippen LogP contribution is 2.23. The van der Waals surface area contributed by atoms with Crippen LogP contribution < -0.4 is 0 Å². The fourth-order valence-electron chi connectivity index (χ4n) is 1.41. The topological polar surface area (TPSA) is 12.9 Å². The number of rotatable bonds is 1. The van der Waals surface area contributed by atoms with Gasteiger partial charge in [0.1, 0.15) is 5.83 Å². The molecule has 1 aromatic carbocycles. The van der Waals surface area contributed by atoms with Gasteiger partial charge >= 0.3 is 0 Å². The second-order valence-electron chi connectivity index (χ2n) is 2.93. The summed E-state index contributed by atoms with van der Waals surface area (Å²) in [7, 11) is 0. The van der Waals surface area contributed by atoms with E-state index < -0.39 is 0 Å². The lowest BCUT2D eigenvalue weighted by atomic mass is 10.1. The minimum absolute atomic E-state index is 0.339. The molecule has 0 N–H and O–H groups in total. The number of benzene rings is 1. The molecule has 1 radical (unpaired) electrons. The lowest BCUT2D eigenvalue weighted by Gasteiger charge is -2.02. The molecule has 0 fully saturated rings.